The summed E-state index contributed by atoms with van der Waals surface area (Å²) in [4.78, 5) is 20.1. The topological polar surface area (TPSA) is 47.4 Å². The maximum absolute atomic E-state index is 13.1. The number of carbonyl (C=O) groups is 1. The molecular formula is C31H34ClN3O2. The summed E-state index contributed by atoms with van der Waals surface area (Å²) >= 11 is 6.29. The summed E-state index contributed by atoms with van der Waals surface area (Å²) in [7, 11) is 0. The Morgan fingerprint density at radius 3 is 2.51 bits per heavy atom. The third-order valence-electron chi connectivity index (χ3n) is 7.50. The largest absolute Gasteiger partial charge is 0.494 e. The Bertz CT molecular complexity index is 1440. The third-order valence-corrected chi connectivity index (χ3v) is 8.09. The van der Waals surface area contributed by atoms with Gasteiger partial charge in [0, 0.05) is 36.1 Å². The van der Waals surface area contributed by atoms with Crippen LogP contribution in [0.2, 0.25) is 5.02 Å². The molecule has 1 fully saturated rings. The van der Waals surface area contributed by atoms with Crippen molar-refractivity contribution in [3.63, 3.8) is 0 Å². The van der Waals surface area contributed by atoms with Crippen LogP contribution in [0.5, 0.6) is 5.75 Å². The Labute approximate surface area is 224 Å². The first kappa shape index (κ1) is 25.3. The number of hydrogen-bond acceptors (Lipinski definition) is 3. The molecule has 1 amide bonds. The van der Waals surface area contributed by atoms with Crippen LogP contribution in [0.25, 0.3) is 11.0 Å². The van der Waals surface area contributed by atoms with E-state index in [0.717, 1.165) is 69.4 Å². The molecule has 5 rings (SSSR count). The molecule has 0 N–H and O–H groups in total. The minimum absolute atomic E-state index is 0.0658. The van der Waals surface area contributed by atoms with Crippen LogP contribution in [0.3, 0.4) is 0 Å². The van der Waals surface area contributed by atoms with Crippen molar-refractivity contribution in [2.75, 3.05) is 18.1 Å². The van der Waals surface area contributed by atoms with Crippen LogP contribution in [-0.4, -0.2) is 28.6 Å². The van der Waals surface area contributed by atoms with Crippen molar-refractivity contribution in [3.05, 3.63) is 87.7 Å². The predicted octanol–water partition coefficient (Wildman–Crippen LogP) is 7.30. The van der Waals surface area contributed by atoms with Crippen molar-refractivity contribution < 1.29 is 9.53 Å². The summed E-state index contributed by atoms with van der Waals surface area (Å²) in [6, 6.07) is 18.4. The smallest absolute Gasteiger partial charge is 0.227 e. The molecule has 2 heterocycles. The van der Waals surface area contributed by atoms with Gasteiger partial charge in [0.2, 0.25) is 5.91 Å². The second kappa shape index (κ2) is 10.6. The number of fused-ring (bicyclic) bond motifs is 1. The Morgan fingerprint density at radius 1 is 0.973 bits per heavy atom. The minimum Gasteiger partial charge on any atom is -0.494 e. The molecule has 1 unspecified atom stereocenters. The first-order chi connectivity index (χ1) is 17.8. The molecule has 0 saturated carbocycles. The summed E-state index contributed by atoms with van der Waals surface area (Å²) in [5, 5.41) is 0.799. The Hall–Kier alpha value is -3.31. The van der Waals surface area contributed by atoms with E-state index in [1.54, 1.807) is 0 Å². The molecule has 192 valence electrons. The van der Waals surface area contributed by atoms with Gasteiger partial charge in [-0.3, -0.25) is 4.79 Å². The fourth-order valence-corrected chi connectivity index (χ4v) is 5.44. The fourth-order valence-electron chi connectivity index (χ4n) is 5.33. The van der Waals surface area contributed by atoms with Gasteiger partial charge >= 0.3 is 0 Å². The lowest BCUT2D eigenvalue weighted by Gasteiger charge is -2.20. The number of unbranched alkanes of at least 4 members (excludes halogenated alkanes) is 1. The zero-order chi connectivity index (χ0) is 26.1. The highest BCUT2D eigenvalue weighted by Gasteiger charge is 2.35. The Balaban J connectivity index is 1.30. The van der Waals surface area contributed by atoms with Crippen LogP contribution in [0.4, 0.5) is 5.69 Å². The number of anilines is 1. The fraction of sp³-hybridized carbons (Fsp3) is 0.355. The maximum atomic E-state index is 13.1. The SMILES string of the molecule is Cc1cccc(N2CC(c3nc4ccccc4n3CCCCOc3cc(C)c(Cl)c(C)c3)CC2=O)c1C. The molecule has 0 radical (unpaired) electrons. The Kier molecular flexibility index (Phi) is 7.25. The van der Waals surface area contributed by atoms with Gasteiger partial charge < -0.3 is 14.2 Å². The van der Waals surface area contributed by atoms with Crippen molar-refractivity contribution >= 4 is 34.2 Å². The van der Waals surface area contributed by atoms with E-state index in [1.807, 2.05) is 43.0 Å². The van der Waals surface area contributed by atoms with Gasteiger partial charge in [0.1, 0.15) is 11.6 Å². The van der Waals surface area contributed by atoms with E-state index < -0.39 is 0 Å². The van der Waals surface area contributed by atoms with Gasteiger partial charge in [0.05, 0.1) is 17.6 Å². The van der Waals surface area contributed by atoms with Crippen molar-refractivity contribution in [1.82, 2.24) is 9.55 Å². The second-order valence-electron chi connectivity index (χ2n) is 10.2. The van der Waals surface area contributed by atoms with E-state index in [2.05, 4.69) is 48.7 Å². The summed E-state index contributed by atoms with van der Waals surface area (Å²) in [6.07, 6.45) is 2.36. The zero-order valence-electron chi connectivity index (χ0n) is 22.1. The van der Waals surface area contributed by atoms with E-state index in [0.29, 0.717) is 19.6 Å². The lowest BCUT2D eigenvalue weighted by atomic mass is 10.1. The molecular weight excluding hydrogens is 482 g/mol. The third kappa shape index (κ3) is 5.10. The average Bonchev–Trinajstić information content (AvgIpc) is 3.44. The van der Waals surface area contributed by atoms with Gasteiger partial charge in [-0.1, -0.05) is 35.9 Å². The molecule has 1 saturated heterocycles. The molecule has 5 nitrogen and oxygen atoms in total. The summed E-state index contributed by atoms with van der Waals surface area (Å²) in [6.45, 7) is 10.3. The molecule has 1 aliphatic rings. The number of benzene rings is 3. The van der Waals surface area contributed by atoms with Gasteiger partial charge in [0.25, 0.3) is 0 Å². The van der Waals surface area contributed by atoms with Crippen LogP contribution in [0.1, 0.15) is 53.3 Å². The normalized spacial score (nSPS) is 15.6. The minimum atomic E-state index is 0.0658. The van der Waals surface area contributed by atoms with Crippen molar-refractivity contribution in [3.8, 4) is 5.75 Å². The van der Waals surface area contributed by atoms with Gasteiger partial charge in [-0.15, -0.1) is 0 Å². The molecule has 1 atom stereocenters. The van der Waals surface area contributed by atoms with Crippen molar-refractivity contribution in [2.45, 2.75) is 59.4 Å². The molecule has 4 aromatic rings. The van der Waals surface area contributed by atoms with E-state index in [9.17, 15) is 4.79 Å². The van der Waals surface area contributed by atoms with Crippen LogP contribution >= 0.6 is 11.6 Å². The second-order valence-corrected chi connectivity index (χ2v) is 10.5. The summed E-state index contributed by atoms with van der Waals surface area (Å²) in [5.41, 5.74) is 7.56. The van der Waals surface area contributed by atoms with Gasteiger partial charge in [0.15, 0.2) is 0 Å². The predicted molar refractivity (Wildman–Crippen MR) is 151 cm³/mol. The van der Waals surface area contributed by atoms with E-state index in [1.165, 1.54) is 5.56 Å². The van der Waals surface area contributed by atoms with Gasteiger partial charge in [-0.2, -0.15) is 0 Å². The van der Waals surface area contributed by atoms with Gasteiger partial charge in [-0.05, 0) is 93.1 Å². The number of imidazole rings is 1. The van der Waals surface area contributed by atoms with E-state index in [4.69, 9.17) is 21.3 Å². The molecule has 37 heavy (non-hydrogen) atoms. The molecule has 6 heteroatoms. The van der Waals surface area contributed by atoms with Gasteiger partial charge in [-0.25, -0.2) is 4.98 Å². The number of halogens is 1. The highest BCUT2D eigenvalue weighted by Crippen LogP contribution is 2.35. The summed E-state index contributed by atoms with van der Waals surface area (Å²) in [5.74, 6) is 2.10. The number of ether oxygens (including phenoxy) is 1. The lowest BCUT2D eigenvalue weighted by Crippen LogP contribution is -2.25. The molecule has 0 bridgehead atoms. The number of aryl methyl sites for hydroxylation is 4. The number of amides is 1. The highest BCUT2D eigenvalue weighted by atomic mass is 35.5. The summed E-state index contributed by atoms with van der Waals surface area (Å²) < 4.78 is 8.34. The lowest BCUT2D eigenvalue weighted by molar-refractivity contribution is -0.117. The number of para-hydroxylation sites is 2. The average molecular weight is 516 g/mol. The molecule has 0 aliphatic carbocycles. The van der Waals surface area contributed by atoms with Crippen molar-refractivity contribution in [2.24, 2.45) is 0 Å². The standard InChI is InChI=1S/C31H34ClN3O2/c1-20-10-9-13-27(23(20)4)35-19-24(18-29(35)36)31-33-26-11-5-6-12-28(26)34(31)14-7-8-15-37-25-16-21(2)30(32)22(3)17-25/h5-6,9-13,16-17,24H,7-8,14-15,18-19H2,1-4H3. The molecule has 3 aromatic carbocycles. The van der Waals surface area contributed by atoms with E-state index in [-0.39, 0.29) is 11.8 Å². The van der Waals surface area contributed by atoms with Crippen LogP contribution in [0, 0.1) is 27.7 Å². The number of nitrogens with zero attached hydrogens (tertiary/aromatic N) is 3. The van der Waals surface area contributed by atoms with Crippen molar-refractivity contribution in [1.29, 1.82) is 0 Å². The highest BCUT2D eigenvalue weighted by molar-refractivity contribution is 6.32. The number of hydrogen-bond donors (Lipinski definition) is 0. The van der Waals surface area contributed by atoms with E-state index >= 15 is 0 Å². The monoisotopic (exact) mass is 515 g/mol. The van der Waals surface area contributed by atoms with Crippen LogP contribution in [-0.2, 0) is 11.3 Å². The number of carbonyl (C=O) groups excluding carboxylic acids is 1. The quantitative estimate of drug-likeness (QED) is 0.231. The van der Waals surface area contributed by atoms with Crippen LogP contribution < -0.4 is 9.64 Å². The first-order valence-corrected chi connectivity index (χ1v) is 13.4. The molecule has 0 spiro atoms. The van der Waals surface area contributed by atoms with Crippen LogP contribution in [0.15, 0.2) is 54.6 Å². The molecule has 1 aromatic heterocycles. The zero-order valence-corrected chi connectivity index (χ0v) is 22.8. The number of rotatable bonds is 8. The number of aromatic nitrogens is 2. The maximum Gasteiger partial charge on any atom is 0.227 e. The first-order valence-electron chi connectivity index (χ1n) is 13.0. The molecule has 1 aliphatic heterocycles. The Morgan fingerprint density at radius 2 is 1.73 bits per heavy atom.